The van der Waals surface area contributed by atoms with Gasteiger partial charge in [-0.2, -0.15) is 0 Å². The molecule has 0 atom stereocenters. The molecule has 3 nitrogen and oxygen atoms in total. The Morgan fingerprint density at radius 1 is 0.875 bits per heavy atom. The number of fused-ring (bicyclic) bond motifs is 1. The molecule has 0 spiro atoms. The molecule has 1 aromatic heterocycles. The number of aromatic nitrogens is 1. The molecular formula is C21H23N3. The van der Waals surface area contributed by atoms with Crippen LogP contribution in [0.3, 0.4) is 0 Å². The summed E-state index contributed by atoms with van der Waals surface area (Å²) in [6.45, 7) is 6.30. The van der Waals surface area contributed by atoms with Crippen molar-refractivity contribution in [2.24, 2.45) is 0 Å². The van der Waals surface area contributed by atoms with E-state index in [1.54, 1.807) is 0 Å². The van der Waals surface area contributed by atoms with Crippen molar-refractivity contribution in [3.63, 3.8) is 0 Å². The van der Waals surface area contributed by atoms with Gasteiger partial charge in [-0.15, -0.1) is 0 Å². The van der Waals surface area contributed by atoms with E-state index in [9.17, 15) is 0 Å². The second kappa shape index (κ2) is 6.52. The Morgan fingerprint density at radius 3 is 2.38 bits per heavy atom. The van der Waals surface area contributed by atoms with E-state index in [1.807, 2.05) is 6.20 Å². The highest BCUT2D eigenvalue weighted by atomic mass is 15.3. The van der Waals surface area contributed by atoms with Gasteiger partial charge in [-0.25, -0.2) is 4.98 Å². The van der Waals surface area contributed by atoms with E-state index >= 15 is 0 Å². The van der Waals surface area contributed by atoms with Crippen LogP contribution in [0.1, 0.15) is 12.5 Å². The Balaban J connectivity index is 1.58. The minimum absolute atomic E-state index is 1.01. The monoisotopic (exact) mass is 317 g/mol. The molecule has 0 aliphatic carbocycles. The van der Waals surface area contributed by atoms with Gasteiger partial charge in [0.15, 0.2) is 0 Å². The molecule has 0 amide bonds. The number of benzene rings is 2. The van der Waals surface area contributed by atoms with Gasteiger partial charge in [-0.05, 0) is 41.6 Å². The molecule has 0 saturated carbocycles. The molecule has 1 aliphatic heterocycles. The second-order valence-electron chi connectivity index (χ2n) is 6.35. The number of hydrogen-bond donors (Lipinski definition) is 0. The van der Waals surface area contributed by atoms with E-state index in [1.165, 1.54) is 22.0 Å². The van der Waals surface area contributed by atoms with Crippen molar-refractivity contribution in [3.05, 3.63) is 66.4 Å². The Morgan fingerprint density at radius 2 is 1.62 bits per heavy atom. The Kier molecular flexibility index (Phi) is 4.08. The van der Waals surface area contributed by atoms with Crippen molar-refractivity contribution >= 4 is 22.3 Å². The summed E-state index contributed by atoms with van der Waals surface area (Å²) in [5.41, 5.74) is 2.69. The fraction of sp³-hybridized carbons (Fsp3) is 0.286. The van der Waals surface area contributed by atoms with Crippen LogP contribution in [0.15, 0.2) is 60.8 Å². The third kappa shape index (κ3) is 2.82. The summed E-state index contributed by atoms with van der Waals surface area (Å²) in [5, 5.41) is 2.56. The first-order chi connectivity index (χ1) is 11.8. The summed E-state index contributed by atoms with van der Waals surface area (Å²) in [5.74, 6) is 1.13. The normalized spacial score (nSPS) is 15.0. The van der Waals surface area contributed by atoms with Gasteiger partial charge >= 0.3 is 0 Å². The molecule has 2 aromatic carbocycles. The maximum atomic E-state index is 4.71. The van der Waals surface area contributed by atoms with Crippen molar-refractivity contribution in [1.82, 2.24) is 4.98 Å². The van der Waals surface area contributed by atoms with Crippen molar-refractivity contribution in [2.45, 2.75) is 13.3 Å². The lowest BCUT2D eigenvalue weighted by Gasteiger charge is -2.37. The van der Waals surface area contributed by atoms with Gasteiger partial charge in [-0.3, -0.25) is 0 Å². The summed E-state index contributed by atoms with van der Waals surface area (Å²) < 4.78 is 0. The Hall–Kier alpha value is -2.55. The Labute approximate surface area is 143 Å². The molecule has 2 heterocycles. The third-order valence-electron chi connectivity index (χ3n) is 4.92. The lowest BCUT2D eigenvalue weighted by molar-refractivity contribution is 0.649. The van der Waals surface area contributed by atoms with Gasteiger partial charge in [0.1, 0.15) is 5.82 Å². The van der Waals surface area contributed by atoms with Crippen LogP contribution in [0, 0.1) is 0 Å². The number of nitrogens with zero attached hydrogens (tertiary/aromatic N) is 3. The van der Waals surface area contributed by atoms with Gasteiger partial charge in [0.2, 0.25) is 0 Å². The van der Waals surface area contributed by atoms with E-state index in [-0.39, 0.29) is 0 Å². The maximum absolute atomic E-state index is 4.71. The zero-order chi connectivity index (χ0) is 16.4. The highest BCUT2D eigenvalue weighted by Gasteiger charge is 2.19. The molecule has 1 saturated heterocycles. The summed E-state index contributed by atoms with van der Waals surface area (Å²) in [7, 11) is 0. The quantitative estimate of drug-likeness (QED) is 0.724. The van der Waals surface area contributed by atoms with Crippen molar-refractivity contribution in [1.29, 1.82) is 0 Å². The first kappa shape index (κ1) is 15.0. The van der Waals surface area contributed by atoms with Crippen LogP contribution in [0.5, 0.6) is 0 Å². The predicted octanol–water partition coefficient (Wildman–Crippen LogP) is 4.12. The molecule has 1 aliphatic rings. The molecule has 0 unspecified atom stereocenters. The fourth-order valence-corrected chi connectivity index (χ4v) is 3.49. The summed E-state index contributed by atoms with van der Waals surface area (Å²) in [6, 6.07) is 19.5. The maximum Gasteiger partial charge on any atom is 0.136 e. The zero-order valence-corrected chi connectivity index (χ0v) is 14.2. The van der Waals surface area contributed by atoms with Crippen LogP contribution >= 0.6 is 0 Å². The molecule has 24 heavy (non-hydrogen) atoms. The number of rotatable bonds is 3. The van der Waals surface area contributed by atoms with Crippen LogP contribution in [0.4, 0.5) is 11.5 Å². The lowest BCUT2D eigenvalue weighted by Crippen LogP contribution is -2.46. The molecule has 3 aromatic rings. The van der Waals surface area contributed by atoms with Crippen LogP contribution in [-0.4, -0.2) is 31.2 Å². The van der Waals surface area contributed by atoms with Crippen LogP contribution in [0.2, 0.25) is 0 Å². The van der Waals surface area contributed by atoms with Gasteiger partial charge in [-0.1, -0.05) is 37.3 Å². The van der Waals surface area contributed by atoms with Crippen molar-refractivity contribution < 1.29 is 0 Å². The molecule has 3 heteroatoms. The van der Waals surface area contributed by atoms with Crippen LogP contribution in [0.25, 0.3) is 10.8 Å². The topological polar surface area (TPSA) is 19.4 Å². The molecule has 122 valence electrons. The van der Waals surface area contributed by atoms with Crippen molar-refractivity contribution in [2.75, 3.05) is 36.0 Å². The van der Waals surface area contributed by atoms with E-state index in [0.717, 1.165) is 38.4 Å². The molecule has 0 N–H and O–H groups in total. The summed E-state index contributed by atoms with van der Waals surface area (Å²) in [6.07, 6.45) is 3.00. The zero-order valence-electron chi connectivity index (χ0n) is 14.2. The molecule has 4 rings (SSSR count). The molecule has 0 bridgehead atoms. The van der Waals surface area contributed by atoms with Crippen LogP contribution in [-0.2, 0) is 6.42 Å². The van der Waals surface area contributed by atoms with Gasteiger partial charge in [0.25, 0.3) is 0 Å². The SMILES string of the molecule is CCc1ccc2ccnc(N3CCN(c4ccccc4)CC3)c2c1. The molecular weight excluding hydrogens is 294 g/mol. The summed E-state index contributed by atoms with van der Waals surface area (Å²) >= 11 is 0. The van der Waals surface area contributed by atoms with E-state index < -0.39 is 0 Å². The number of aryl methyl sites for hydroxylation is 1. The Bertz CT molecular complexity index is 821. The van der Waals surface area contributed by atoms with Gasteiger partial charge in [0.05, 0.1) is 0 Å². The highest BCUT2D eigenvalue weighted by molar-refractivity contribution is 5.92. The predicted molar refractivity (Wildman–Crippen MR) is 102 cm³/mol. The van der Waals surface area contributed by atoms with Gasteiger partial charge in [0, 0.05) is 43.4 Å². The lowest BCUT2D eigenvalue weighted by atomic mass is 10.1. The standard InChI is InChI=1S/C21H23N3/c1-2-17-8-9-18-10-11-22-21(20(18)16-17)24-14-12-23(13-15-24)19-6-4-3-5-7-19/h3-11,16H,2,12-15H2,1H3. The summed E-state index contributed by atoms with van der Waals surface area (Å²) in [4.78, 5) is 9.60. The number of anilines is 2. The highest BCUT2D eigenvalue weighted by Crippen LogP contribution is 2.27. The minimum atomic E-state index is 1.01. The van der Waals surface area contributed by atoms with Crippen molar-refractivity contribution in [3.8, 4) is 0 Å². The third-order valence-corrected chi connectivity index (χ3v) is 4.92. The second-order valence-corrected chi connectivity index (χ2v) is 6.35. The van der Waals surface area contributed by atoms with E-state index in [0.29, 0.717) is 0 Å². The number of para-hydroxylation sites is 1. The largest absolute Gasteiger partial charge is 0.368 e. The number of piperazine rings is 1. The molecule has 0 radical (unpaired) electrons. The number of pyridine rings is 1. The average Bonchev–Trinajstić information content (AvgIpc) is 2.68. The molecule has 1 fully saturated rings. The van der Waals surface area contributed by atoms with Crippen LogP contribution < -0.4 is 9.80 Å². The van der Waals surface area contributed by atoms with E-state index in [4.69, 9.17) is 4.98 Å². The fourth-order valence-electron chi connectivity index (χ4n) is 3.49. The van der Waals surface area contributed by atoms with E-state index in [2.05, 4.69) is 71.3 Å². The average molecular weight is 317 g/mol. The smallest absolute Gasteiger partial charge is 0.136 e. The minimum Gasteiger partial charge on any atom is -0.368 e. The first-order valence-corrected chi connectivity index (χ1v) is 8.78. The first-order valence-electron chi connectivity index (χ1n) is 8.78. The van der Waals surface area contributed by atoms with Gasteiger partial charge < -0.3 is 9.80 Å². The number of hydrogen-bond acceptors (Lipinski definition) is 3.